The fraction of sp³-hybridized carbons (Fsp3) is 0.111. The molecule has 1 aromatic carbocycles. The van der Waals surface area contributed by atoms with Gasteiger partial charge in [0.15, 0.2) is 0 Å². The van der Waals surface area contributed by atoms with Crippen molar-refractivity contribution in [3.8, 4) is 0 Å². The van der Waals surface area contributed by atoms with Crippen molar-refractivity contribution >= 4 is 11.0 Å². The second kappa shape index (κ2) is 2.44. The number of rotatable bonds is 0. The Balaban J connectivity index is 3.03. The number of fused-ring (bicyclic) bond motifs is 1. The molecule has 12 heavy (non-hydrogen) atoms. The minimum atomic E-state index is 0.458. The minimum absolute atomic E-state index is 0.458. The molecule has 0 aliphatic rings. The molecule has 0 bridgehead atoms. The first kappa shape index (κ1) is 7.03. The number of nitrogens with zero attached hydrogens (tertiary/aromatic N) is 1. The fourth-order valence-electron chi connectivity index (χ4n) is 1.22. The molecule has 0 atom stereocenters. The molecule has 60 valence electrons. The molecule has 0 aliphatic heterocycles. The first-order valence-electron chi connectivity index (χ1n) is 3.77. The van der Waals surface area contributed by atoms with Gasteiger partial charge in [-0.1, -0.05) is 12.1 Å². The predicted molar refractivity (Wildman–Crippen MR) is 46.7 cm³/mol. The summed E-state index contributed by atoms with van der Waals surface area (Å²) in [6, 6.07) is 7.40. The standard InChI is InChI=1S/C9H9N3/c1-6-11-8-5-3-2-4-7(10)9(8)12-6/h2-5,10H,1H3,(H,11,12). The maximum Gasteiger partial charge on any atom is 0.113 e. The maximum atomic E-state index is 7.61. The van der Waals surface area contributed by atoms with Crippen LogP contribution in [0.5, 0.6) is 0 Å². The van der Waals surface area contributed by atoms with Gasteiger partial charge in [0.25, 0.3) is 0 Å². The molecule has 0 saturated heterocycles. The smallest absolute Gasteiger partial charge is 0.113 e. The average Bonchev–Trinajstić information content (AvgIpc) is 2.33. The molecular formula is C9H9N3. The van der Waals surface area contributed by atoms with Crippen molar-refractivity contribution in [1.29, 1.82) is 5.41 Å². The van der Waals surface area contributed by atoms with E-state index in [1.165, 1.54) is 0 Å². The maximum absolute atomic E-state index is 7.61. The Kier molecular flexibility index (Phi) is 1.43. The summed E-state index contributed by atoms with van der Waals surface area (Å²) in [5.74, 6) is 0.852. The minimum Gasteiger partial charge on any atom is -0.342 e. The highest BCUT2D eigenvalue weighted by atomic mass is 14.9. The van der Waals surface area contributed by atoms with Gasteiger partial charge in [-0.05, 0) is 19.1 Å². The molecule has 2 rings (SSSR count). The first-order chi connectivity index (χ1) is 5.77. The van der Waals surface area contributed by atoms with Gasteiger partial charge in [-0.15, -0.1) is 0 Å². The highest BCUT2D eigenvalue weighted by Crippen LogP contribution is 2.03. The van der Waals surface area contributed by atoms with E-state index < -0.39 is 0 Å². The molecule has 0 aliphatic carbocycles. The lowest BCUT2D eigenvalue weighted by molar-refractivity contribution is 1.16. The molecule has 1 aromatic heterocycles. The van der Waals surface area contributed by atoms with E-state index in [-0.39, 0.29) is 0 Å². The van der Waals surface area contributed by atoms with Gasteiger partial charge in [0.05, 0.1) is 10.9 Å². The van der Waals surface area contributed by atoms with Gasteiger partial charge < -0.3 is 4.98 Å². The molecule has 0 fully saturated rings. The van der Waals surface area contributed by atoms with Crippen molar-refractivity contribution in [1.82, 2.24) is 9.97 Å². The lowest BCUT2D eigenvalue weighted by Crippen LogP contribution is -1.94. The first-order valence-corrected chi connectivity index (χ1v) is 3.77. The number of aryl methyl sites for hydroxylation is 1. The van der Waals surface area contributed by atoms with E-state index in [9.17, 15) is 0 Å². The summed E-state index contributed by atoms with van der Waals surface area (Å²) in [7, 11) is 0. The highest BCUT2D eigenvalue weighted by Gasteiger charge is 1.96. The second-order valence-electron chi connectivity index (χ2n) is 2.72. The van der Waals surface area contributed by atoms with Gasteiger partial charge in [-0.2, -0.15) is 0 Å². The fourth-order valence-corrected chi connectivity index (χ4v) is 1.22. The molecule has 3 heteroatoms. The zero-order chi connectivity index (χ0) is 8.55. The second-order valence-corrected chi connectivity index (χ2v) is 2.72. The molecule has 3 nitrogen and oxygen atoms in total. The number of nitrogens with one attached hydrogen (secondary N) is 2. The van der Waals surface area contributed by atoms with Crippen LogP contribution < -0.4 is 5.36 Å². The van der Waals surface area contributed by atoms with Crippen LogP contribution in [0.4, 0.5) is 0 Å². The van der Waals surface area contributed by atoms with Crippen LogP contribution in [0.2, 0.25) is 0 Å². The van der Waals surface area contributed by atoms with Crippen LogP contribution in [-0.2, 0) is 0 Å². The Morgan fingerprint density at radius 3 is 2.92 bits per heavy atom. The number of aromatic nitrogens is 2. The Morgan fingerprint density at radius 2 is 2.08 bits per heavy atom. The average molecular weight is 159 g/mol. The van der Waals surface area contributed by atoms with Gasteiger partial charge in [0.1, 0.15) is 11.3 Å². The third kappa shape index (κ3) is 0.993. The molecule has 2 N–H and O–H groups in total. The Bertz CT molecular complexity index is 470. The lowest BCUT2D eigenvalue weighted by Gasteiger charge is -1.74. The van der Waals surface area contributed by atoms with Gasteiger partial charge in [0, 0.05) is 0 Å². The Labute approximate surface area is 69.6 Å². The van der Waals surface area contributed by atoms with Crippen LogP contribution in [0.25, 0.3) is 11.0 Å². The summed E-state index contributed by atoms with van der Waals surface area (Å²) < 4.78 is 0. The third-order valence-corrected chi connectivity index (χ3v) is 1.74. The zero-order valence-corrected chi connectivity index (χ0v) is 6.76. The van der Waals surface area contributed by atoms with Crippen LogP contribution >= 0.6 is 0 Å². The summed E-state index contributed by atoms with van der Waals surface area (Å²) in [5, 5.41) is 8.07. The van der Waals surface area contributed by atoms with Crippen LogP contribution in [0.1, 0.15) is 5.82 Å². The van der Waals surface area contributed by atoms with E-state index in [2.05, 4.69) is 9.97 Å². The zero-order valence-electron chi connectivity index (χ0n) is 6.76. The molecule has 0 radical (unpaired) electrons. The molecule has 1 heterocycles. The van der Waals surface area contributed by atoms with Crippen LogP contribution in [0.15, 0.2) is 24.3 Å². The van der Waals surface area contributed by atoms with E-state index in [0.29, 0.717) is 5.36 Å². The van der Waals surface area contributed by atoms with Gasteiger partial charge in [-0.3, -0.25) is 5.41 Å². The monoisotopic (exact) mass is 159 g/mol. The third-order valence-electron chi connectivity index (χ3n) is 1.74. The van der Waals surface area contributed by atoms with Crippen molar-refractivity contribution in [2.45, 2.75) is 6.92 Å². The topological polar surface area (TPSA) is 52.5 Å². The number of hydrogen-bond donors (Lipinski definition) is 2. The van der Waals surface area contributed by atoms with Crippen molar-refractivity contribution in [2.24, 2.45) is 0 Å². The number of hydrogen-bond acceptors (Lipinski definition) is 2. The van der Waals surface area contributed by atoms with Crippen molar-refractivity contribution in [3.05, 3.63) is 35.4 Å². The molecular weight excluding hydrogens is 150 g/mol. The number of imidazole rings is 1. The lowest BCUT2D eigenvalue weighted by atomic mass is 10.4. The number of aromatic amines is 1. The van der Waals surface area contributed by atoms with E-state index in [1.54, 1.807) is 6.07 Å². The summed E-state index contributed by atoms with van der Waals surface area (Å²) in [5.41, 5.74) is 1.65. The quantitative estimate of drug-likeness (QED) is 0.599. The van der Waals surface area contributed by atoms with Crippen molar-refractivity contribution in [3.63, 3.8) is 0 Å². The predicted octanol–water partition coefficient (Wildman–Crippen LogP) is 1.35. The Morgan fingerprint density at radius 1 is 1.33 bits per heavy atom. The Hall–Kier alpha value is -1.64. The highest BCUT2D eigenvalue weighted by molar-refractivity contribution is 5.73. The molecule has 0 spiro atoms. The summed E-state index contributed by atoms with van der Waals surface area (Å²) in [6.45, 7) is 1.89. The number of H-pyrrole nitrogens is 1. The van der Waals surface area contributed by atoms with Gasteiger partial charge in [0.2, 0.25) is 0 Å². The molecule has 0 saturated carbocycles. The largest absolute Gasteiger partial charge is 0.342 e. The molecule has 0 amide bonds. The van der Waals surface area contributed by atoms with Gasteiger partial charge >= 0.3 is 0 Å². The SMILES string of the molecule is Cc1nc2c(=N)ccccc2[nH]1. The van der Waals surface area contributed by atoms with E-state index in [4.69, 9.17) is 5.41 Å². The summed E-state index contributed by atoms with van der Waals surface area (Å²) in [4.78, 5) is 7.30. The summed E-state index contributed by atoms with van der Waals surface area (Å²) >= 11 is 0. The molecule has 0 unspecified atom stereocenters. The van der Waals surface area contributed by atoms with Gasteiger partial charge in [-0.25, -0.2) is 4.98 Å². The summed E-state index contributed by atoms with van der Waals surface area (Å²) in [6.07, 6.45) is 0. The van der Waals surface area contributed by atoms with Crippen molar-refractivity contribution < 1.29 is 0 Å². The normalized spacial score (nSPS) is 10.4. The van der Waals surface area contributed by atoms with Crippen LogP contribution in [0, 0.1) is 12.3 Å². The van der Waals surface area contributed by atoms with Crippen LogP contribution in [-0.4, -0.2) is 9.97 Å². The van der Waals surface area contributed by atoms with E-state index >= 15 is 0 Å². The van der Waals surface area contributed by atoms with Crippen molar-refractivity contribution in [2.75, 3.05) is 0 Å². The van der Waals surface area contributed by atoms with E-state index in [1.807, 2.05) is 25.1 Å². The molecule has 2 aromatic rings. The van der Waals surface area contributed by atoms with E-state index in [0.717, 1.165) is 16.9 Å². The van der Waals surface area contributed by atoms with Crippen LogP contribution in [0.3, 0.4) is 0 Å².